The molecule has 4 N–H and O–H groups in total. The molecule has 0 unspecified atom stereocenters. The van der Waals surface area contributed by atoms with E-state index in [0.29, 0.717) is 11.5 Å². The summed E-state index contributed by atoms with van der Waals surface area (Å²) in [7, 11) is -3.45. The fourth-order valence-corrected chi connectivity index (χ4v) is 2.46. The van der Waals surface area contributed by atoms with Gasteiger partial charge in [-0.15, -0.1) is 0 Å². The van der Waals surface area contributed by atoms with Crippen molar-refractivity contribution in [3.05, 3.63) is 18.5 Å². The van der Waals surface area contributed by atoms with Crippen molar-refractivity contribution in [1.29, 1.82) is 0 Å². The Bertz CT molecular complexity index is 679. The van der Waals surface area contributed by atoms with Crippen LogP contribution >= 0.6 is 0 Å². The topological polar surface area (TPSA) is 127 Å². The van der Waals surface area contributed by atoms with Crippen molar-refractivity contribution in [1.82, 2.24) is 20.2 Å². The van der Waals surface area contributed by atoms with Crippen molar-refractivity contribution in [2.75, 3.05) is 11.1 Å². The quantitative estimate of drug-likeness (QED) is 0.753. The van der Waals surface area contributed by atoms with Gasteiger partial charge in [-0.05, 0) is 19.9 Å². The molecular weight excluding hydrogens is 268 g/mol. The van der Waals surface area contributed by atoms with E-state index < -0.39 is 15.1 Å². The van der Waals surface area contributed by atoms with Crippen molar-refractivity contribution >= 4 is 27.3 Å². The number of sulfone groups is 1. The van der Waals surface area contributed by atoms with Gasteiger partial charge in [0.1, 0.15) is 5.82 Å². The minimum Gasteiger partial charge on any atom is -0.368 e. The highest BCUT2D eigenvalue weighted by Crippen LogP contribution is 2.24. The zero-order valence-corrected chi connectivity index (χ0v) is 11.3. The molecule has 2 rings (SSSR count). The number of nitrogen functional groups attached to an aromatic ring is 1. The standard InChI is InChI=1S/C10H14N6O2S/c1-6(2)19(17,18)9-7(5-13-16-9)14-8-3-4-12-10(11)15-8/h3-6H,1-2H3,(H,13,16)(H3,11,12,14,15). The normalized spacial score (nSPS) is 11.7. The highest BCUT2D eigenvalue weighted by atomic mass is 32.2. The molecule has 0 radical (unpaired) electrons. The molecule has 0 atom stereocenters. The van der Waals surface area contributed by atoms with Gasteiger partial charge < -0.3 is 11.1 Å². The van der Waals surface area contributed by atoms with Crippen molar-refractivity contribution in [3.8, 4) is 0 Å². The highest BCUT2D eigenvalue weighted by Gasteiger charge is 2.25. The number of nitrogens with two attached hydrogens (primary N) is 1. The third kappa shape index (κ3) is 2.65. The summed E-state index contributed by atoms with van der Waals surface area (Å²) < 4.78 is 24.2. The van der Waals surface area contributed by atoms with E-state index in [1.54, 1.807) is 19.9 Å². The summed E-state index contributed by atoms with van der Waals surface area (Å²) in [6, 6.07) is 1.58. The number of aromatic amines is 1. The van der Waals surface area contributed by atoms with Gasteiger partial charge in [0.15, 0.2) is 14.9 Å². The molecule has 9 heteroatoms. The summed E-state index contributed by atoms with van der Waals surface area (Å²) in [6.45, 7) is 3.20. The maximum absolute atomic E-state index is 12.1. The number of hydrogen-bond donors (Lipinski definition) is 3. The third-order valence-corrected chi connectivity index (χ3v) is 4.57. The van der Waals surface area contributed by atoms with Gasteiger partial charge in [-0.25, -0.2) is 13.4 Å². The van der Waals surface area contributed by atoms with Crippen LogP contribution < -0.4 is 11.1 Å². The highest BCUT2D eigenvalue weighted by molar-refractivity contribution is 7.92. The van der Waals surface area contributed by atoms with Crippen molar-refractivity contribution in [2.24, 2.45) is 0 Å². The molecule has 2 heterocycles. The second kappa shape index (κ2) is 4.84. The maximum Gasteiger partial charge on any atom is 0.221 e. The van der Waals surface area contributed by atoms with Crippen molar-refractivity contribution in [2.45, 2.75) is 24.1 Å². The number of nitrogens with zero attached hydrogens (tertiary/aromatic N) is 3. The third-order valence-electron chi connectivity index (χ3n) is 2.45. The molecule has 2 aromatic rings. The Labute approximate surface area is 110 Å². The number of aromatic nitrogens is 4. The first-order valence-electron chi connectivity index (χ1n) is 5.54. The lowest BCUT2D eigenvalue weighted by molar-refractivity contribution is 0.583. The molecule has 0 bridgehead atoms. The maximum atomic E-state index is 12.1. The Hall–Kier alpha value is -2.16. The molecule has 0 aliphatic rings. The molecule has 102 valence electrons. The fourth-order valence-electron chi connectivity index (χ4n) is 1.40. The molecule has 0 aliphatic heterocycles. The van der Waals surface area contributed by atoms with E-state index in [-0.39, 0.29) is 11.0 Å². The summed E-state index contributed by atoms with van der Waals surface area (Å²) in [5, 5.41) is 8.56. The van der Waals surface area contributed by atoms with Crippen molar-refractivity contribution < 1.29 is 8.42 Å². The van der Waals surface area contributed by atoms with Crippen LogP contribution in [0.4, 0.5) is 17.5 Å². The van der Waals surface area contributed by atoms with Crippen LogP contribution in [-0.2, 0) is 9.84 Å². The minimum absolute atomic E-state index is 0.0275. The zero-order chi connectivity index (χ0) is 14.0. The van der Waals surface area contributed by atoms with Gasteiger partial charge in [-0.2, -0.15) is 10.1 Å². The Morgan fingerprint density at radius 3 is 2.79 bits per heavy atom. The van der Waals surface area contributed by atoms with Crippen LogP contribution in [0, 0.1) is 0 Å². The van der Waals surface area contributed by atoms with Gasteiger partial charge in [-0.1, -0.05) is 0 Å². The average Bonchev–Trinajstić information content (AvgIpc) is 2.77. The zero-order valence-electron chi connectivity index (χ0n) is 10.5. The van der Waals surface area contributed by atoms with E-state index in [1.807, 2.05) is 0 Å². The lowest BCUT2D eigenvalue weighted by atomic mass is 10.5. The SMILES string of the molecule is CC(C)S(=O)(=O)c1[nH]ncc1Nc1ccnc(N)n1. The van der Waals surface area contributed by atoms with E-state index >= 15 is 0 Å². The van der Waals surface area contributed by atoms with Gasteiger partial charge in [0.2, 0.25) is 5.95 Å². The van der Waals surface area contributed by atoms with Crippen LogP contribution in [0.25, 0.3) is 0 Å². The van der Waals surface area contributed by atoms with Crippen LogP contribution in [0.3, 0.4) is 0 Å². The summed E-state index contributed by atoms with van der Waals surface area (Å²) in [5.41, 5.74) is 5.78. The second-order valence-electron chi connectivity index (χ2n) is 4.13. The smallest absolute Gasteiger partial charge is 0.221 e. The Kier molecular flexibility index (Phi) is 3.38. The molecule has 0 spiro atoms. The molecule has 0 saturated heterocycles. The lowest BCUT2D eigenvalue weighted by Gasteiger charge is -2.09. The molecule has 0 amide bonds. The van der Waals surface area contributed by atoms with Crippen LogP contribution in [0.5, 0.6) is 0 Å². The number of hydrogen-bond acceptors (Lipinski definition) is 7. The van der Waals surface area contributed by atoms with E-state index in [0.717, 1.165) is 0 Å². The van der Waals surface area contributed by atoms with E-state index in [9.17, 15) is 8.42 Å². The first-order valence-corrected chi connectivity index (χ1v) is 7.08. The minimum atomic E-state index is -3.45. The molecule has 0 fully saturated rings. The molecule has 2 aromatic heterocycles. The van der Waals surface area contributed by atoms with Crippen LogP contribution in [0.15, 0.2) is 23.5 Å². The van der Waals surface area contributed by atoms with E-state index in [2.05, 4.69) is 25.5 Å². The molecule has 8 nitrogen and oxygen atoms in total. The number of anilines is 3. The summed E-state index contributed by atoms with van der Waals surface area (Å²) in [6.07, 6.45) is 2.86. The molecule has 0 aliphatic carbocycles. The first kappa shape index (κ1) is 13.3. The van der Waals surface area contributed by atoms with Gasteiger partial charge >= 0.3 is 0 Å². The predicted octanol–water partition coefficient (Wildman–Crippen LogP) is 0.708. The second-order valence-corrected chi connectivity index (χ2v) is 6.57. The van der Waals surface area contributed by atoms with Gasteiger partial charge in [-0.3, -0.25) is 5.10 Å². The monoisotopic (exact) mass is 282 g/mol. The molecular formula is C10H14N6O2S. The summed E-state index contributed by atoms with van der Waals surface area (Å²) in [4.78, 5) is 7.69. The molecule has 0 saturated carbocycles. The Morgan fingerprint density at radius 2 is 2.16 bits per heavy atom. The summed E-state index contributed by atoms with van der Waals surface area (Å²) in [5.74, 6) is 0.496. The molecule has 19 heavy (non-hydrogen) atoms. The number of H-pyrrole nitrogens is 1. The van der Waals surface area contributed by atoms with E-state index in [1.165, 1.54) is 12.4 Å². The van der Waals surface area contributed by atoms with Crippen LogP contribution in [-0.4, -0.2) is 33.8 Å². The summed E-state index contributed by atoms with van der Waals surface area (Å²) >= 11 is 0. The Morgan fingerprint density at radius 1 is 1.42 bits per heavy atom. The first-order chi connectivity index (χ1) is 8.91. The lowest BCUT2D eigenvalue weighted by Crippen LogP contribution is -2.16. The number of rotatable bonds is 4. The van der Waals surface area contributed by atoms with Crippen LogP contribution in [0.2, 0.25) is 0 Å². The van der Waals surface area contributed by atoms with E-state index in [4.69, 9.17) is 5.73 Å². The predicted molar refractivity (Wildman–Crippen MR) is 70.6 cm³/mol. The number of nitrogens with one attached hydrogen (secondary N) is 2. The van der Waals surface area contributed by atoms with Gasteiger partial charge in [0.25, 0.3) is 0 Å². The van der Waals surface area contributed by atoms with Crippen molar-refractivity contribution in [3.63, 3.8) is 0 Å². The average molecular weight is 282 g/mol. The van der Waals surface area contributed by atoms with Crippen LogP contribution in [0.1, 0.15) is 13.8 Å². The largest absolute Gasteiger partial charge is 0.368 e. The Balaban J connectivity index is 2.36. The van der Waals surface area contributed by atoms with Gasteiger partial charge in [0, 0.05) is 6.20 Å². The fraction of sp³-hybridized carbons (Fsp3) is 0.300. The molecule has 0 aromatic carbocycles. The van der Waals surface area contributed by atoms with Gasteiger partial charge in [0.05, 0.1) is 17.1 Å².